The van der Waals surface area contributed by atoms with Crippen LogP contribution in [0.2, 0.25) is 5.02 Å². The zero-order valence-electron chi connectivity index (χ0n) is 9.54. The predicted octanol–water partition coefficient (Wildman–Crippen LogP) is 0.528. The highest BCUT2D eigenvalue weighted by molar-refractivity contribution is 7.89. The van der Waals surface area contributed by atoms with Crippen molar-refractivity contribution in [2.45, 2.75) is 5.03 Å². The summed E-state index contributed by atoms with van der Waals surface area (Å²) in [6.07, 6.45) is 1.27. The minimum Gasteiger partial charge on any atom is -0.469 e. The molecular formula is C10H11ClN2O4S. The molecule has 1 fully saturated rings. The number of methoxy groups -OCH3 is 1. The Morgan fingerprint density at radius 1 is 1.50 bits per heavy atom. The minimum atomic E-state index is -3.64. The molecule has 6 nitrogen and oxygen atoms in total. The SMILES string of the molecule is COC(=O)C1CN(S(=O)(=O)c2ccc(Cl)cn2)C1. The minimum absolute atomic E-state index is 0.0739. The Bertz CT molecular complexity index is 552. The van der Waals surface area contributed by atoms with Crippen LogP contribution in [0.15, 0.2) is 23.4 Å². The molecule has 0 bridgehead atoms. The molecular weight excluding hydrogens is 280 g/mol. The smallest absolute Gasteiger partial charge is 0.311 e. The number of carbonyl (C=O) groups excluding carboxylic acids is 1. The number of nitrogens with zero attached hydrogens (tertiary/aromatic N) is 2. The second-order valence-electron chi connectivity index (χ2n) is 3.86. The molecule has 18 heavy (non-hydrogen) atoms. The first-order valence-electron chi connectivity index (χ1n) is 5.14. The number of aromatic nitrogens is 1. The third kappa shape index (κ3) is 2.33. The van der Waals surface area contributed by atoms with Gasteiger partial charge in [-0.25, -0.2) is 13.4 Å². The highest BCUT2D eigenvalue weighted by Crippen LogP contribution is 2.25. The lowest BCUT2D eigenvalue weighted by Crippen LogP contribution is -2.53. The van der Waals surface area contributed by atoms with Crippen molar-refractivity contribution in [1.82, 2.24) is 9.29 Å². The van der Waals surface area contributed by atoms with Crippen molar-refractivity contribution in [3.63, 3.8) is 0 Å². The van der Waals surface area contributed by atoms with Gasteiger partial charge in [-0.15, -0.1) is 0 Å². The van der Waals surface area contributed by atoms with E-state index >= 15 is 0 Å². The lowest BCUT2D eigenvalue weighted by molar-refractivity contribution is -0.149. The van der Waals surface area contributed by atoms with E-state index in [1.54, 1.807) is 0 Å². The summed E-state index contributed by atoms with van der Waals surface area (Å²) in [6.45, 7) is 0.249. The summed E-state index contributed by atoms with van der Waals surface area (Å²) in [6, 6.07) is 2.79. The Morgan fingerprint density at radius 2 is 2.17 bits per heavy atom. The van der Waals surface area contributed by atoms with Gasteiger partial charge >= 0.3 is 5.97 Å². The van der Waals surface area contributed by atoms with Gasteiger partial charge in [0.1, 0.15) is 0 Å². The largest absolute Gasteiger partial charge is 0.469 e. The number of esters is 1. The molecule has 0 N–H and O–H groups in total. The Hall–Kier alpha value is -1.18. The first-order chi connectivity index (χ1) is 8.45. The van der Waals surface area contributed by atoms with E-state index in [9.17, 15) is 13.2 Å². The molecule has 1 aliphatic rings. The number of sulfonamides is 1. The third-order valence-corrected chi connectivity index (χ3v) is 4.66. The number of halogens is 1. The number of hydrogen-bond acceptors (Lipinski definition) is 5. The van der Waals surface area contributed by atoms with Gasteiger partial charge in [-0.05, 0) is 12.1 Å². The van der Waals surface area contributed by atoms with Crippen molar-refractivity contribution in [3.8, 4) is 0 Å². The summed E-state index contributed by atoms with van der Waals surface area (Å²) >= 11 is 5.64. The van der Waals surface area contributed by atoms with E-state index < -0.39 is 21.9 Å². The molecule has 1 aromatic heterocycles. The average molecular weight is 291 g/mol. The van der Waals surface area contributed by atoms with E-state index in [1.807, 2.05) is 0 Å². The van der Waals surface area contributed by atoms with Crippen LogP contribution < -0.4 is 0 Å². The van der Waals surface area contributed by atoms with Crippen LogP contribution in [0.5, 0.6) is 0 Å². The molecule has 1 aromatic rings. The molecule has 0 saturated carbocycles. The van der Waals surface area contributed by atoms with Crippen LogP contribution in [0, 0.1) is 5.92 Å². The van der Waals surface area contributed by atoms with Gasteiger partial charge in [0, 0.05) is 19.3 Å². The number of pyridine rings is 1. The van der Waals surface area contributed by atoms with Crippen molar-refractivity contribution < 1.29 is 17.9 Å². The Labute approximate surface area is 110 Å². The first kappa shape index (κ1) is 13.3. The first-order valence-corrected chi connectivity index (χ1v) is 6.96. The maximum Gasteiger partial charge on any atom is 0.311 e. The van der Waals surface area contributed by atoms with Crippen LogP contribution in [0.4, 0.5) is 0 Å². The molecule has 0 unspecified atom stereocenters. The van der Waals surface area contributed by atoms with Crippen molar-refractivity contribution in [2.75, 3.05) is 20.2 Å². The number of carbonyl (C=O) groups is 1. The molecule has 2 heterocycles. The van der Waals surface area contributed by atoms with Gasteiger partial charge in [0.05, 0.1) is 18.1 Å². The Morgan fingerprint density at radius 3 is 2.67 bits per heavy atom. The molecule has 0 aromatic carbocycles. The molecule has 0 atom stereocenters. The van der Waals surface area contributed by atoms with E-state index in [1.165, 1.54) is 29.7 Å². The quantitative estimate of drug-likeness (QED) is 0.759. The fourth-order valence-electron chi connectivity index (χ4n) is 1.60. The van der Waals surface area contributed by atoms with E-state index in [0.29, 0.717) is 5.02 Å². The highest BCUT2D eigenvalue weighted by Gasteiger charge is 2.41. The van der Waals surface area contributed by atoms with Gasteiger partial charge in [0.15, 0.2) is 5.03 Å². The Balaban J connectivity index is 2.10. The van der Waals surface area contributed by atoms with Crippen LogP contribution in [0.1, 0.15) is 0 Å². The molecule has 0 amide bonds. The van der Waals surface area contributed by atoms with Gasteiger partial charge in [-0.3, -0.25) is 4.79 Å². The number of hydrogen-bond donors (Lipinski definition) is 0. The molecule has 1 aliphatic heterocycles. The average Bonchev–Trinajstić information content (AvgIpc) is 2.27. The number of ether oxygens (including phenoxy) is 1. The fourth-order valence-corrected chi connectivity index (χ4v) is 3.15. The van der Waals surface area contributed by atoms with Crippen LogP contribution in [-0.2, 0) is 19.6 Å². The van der Waals surface area contributed by atoms with Crippen LogP contribution in [-0.4, -0.2) is 43.9 Å². The zero-order valence-corrected chi connectivity index (χ0v) is 11.1. The van der Waals surface area contributed by atoms with Gasteiger partial charge in [-0.1, -0.05) is 11.6 Å². The lowest BCUT2D eigenvalue weighted by atomic mass is 10.0. The van der Waals surface area contributed by atoms with Crippen molar-refractivity contribution >= 4 is 27.6 Å². The highest BCUT2D eigenvalue weighted by atomic mass is 35.5. The standard InChI is InChI=1S/C10H11ClN2O4S/c1-17-10(14)7-5-13(6-7)18(15,16)9-3-2-8(11)4-12-9/h2-4,7H,5-6H2,1H3. The summed E-state index contributed by atoms with van der Waals surface area (Å²) in [5.41, 5.74) is 0. The summed E-state index contributed by atoms with van der Waals surface area (Å²) in [7, 11) is -2.36. The molecule has 0 radical (unpaired) electrons. The summed E-state index contributed by atoms with van der Waals surface area (Å²) in [5.74, 6) is -0.789. The summed E-state index contributed by atoms with van der Waals surface area (Å²) in [4.78, 5) is 14.9. The van der Waals surface area contributed by atoms with Crippen molar-refractivity contribution in [3.05, 3.63) is 23.4 Å². The van der Waals surface area contributed by atoms with Crippen molar-refractivity contribution in [2.24, 2.45) is 5.92 Å². The number of rotatable bonds is 3. The molecule has 98 valence electrons. The molecule has 8 heteroatoms. The molecule has 2 rings (SSSR count). The monoisotopic (exact) mass is 290 g/mol. The summed E-state index contributed by atoms with van der Waals surface area (Å²) in [5, 5.41) is 0.292. The van der Waals surface area contributed by atoms with E-state index in [-0.39, 0.29) is 18.1 Å². The topological polar surface area (TPSA) is 76.6 Å². The van der Waals surface area contributed by atoms with E-state index in [2.05, 4.69) is 9.72 Å². The van der Waals surface area contributed by atoms with E-state index in [0.717, 1.165) is 0 Å². The molecule has 0 spiro atoms. The maximum atomic E-state index is 12.1. The lowest BCUT2D eigenvalue weighted by Gasteiger charge is -2.35. The zero-order chi connectivity index (χ0) is 13.3. The van der Waals surface area contributed by atoms with Crippen LogP contribution in [0.3, 0.4) is 0 Å². The maximum absolute atomic E-state index is 12.1. The normalized spacial score (nSPS) is 17.2. The molecule has 1 saturated heterocycles. The predicted molar refractivity (Wildman–Crippen MR) is 63.5 cm³/mol. The van der Waals surface area contributed by atoms with Gasteiger partial charge in [0.2, 0.25) is 0 Å². The van der Waals surface area contributed by atoms with Crippen LogP contribution >= 0.6 is 11.6 Å². The summed E-state index contributed by atoms with van der Waals surface area (Å²) < 4.78 is 29.8. The third-order valence-electron chi connectivity index (χ3n) is 2.69. The second-order valence-corrected chi connectivity index (χ2v) is 6.18. The van der Waals surface area contributed by atoms with Gasteiger partial charge in [-0.2, -0.15) is 4.31 Å². The molecule has 0 aliphatic carbocycles. The fraction of sp³-hybridized carbons (Fsp3) is 0.400. The van der Waals surface area contributed by atoms with Gasteiger partial charge < -0.3 is 4.74 Å². The van der Waals surface area contributed by atoms with Gasteiger partial charge in [0.25, 0.3) is 10.0 Å². The van der Waals surface area contributed by atoms with Crippen LogP contribution in [0.25, 0.3) is 0 Å². The Kier molecular flexibility index (Phi) is 3.56. The van der Waals surface area contributed by atoms with Crippen molar-refractivity contribution in [1.29, 1.82) is 0 Å². The van der Waals surface area contributed by atoms with E-state index in [4.69, 9.17) is 11.6 Å². The second kappa shape index (κ2) is 4.83.